The molecule has 2 aliphatic rings. The number of amides is 2. The molecule has 0 bridgehead atoms. The van der Waals surface area contributed by atoms with Crippen molar-refractivity contribution in [3.63, 3.8) is 0 Å². The molecular weight excluding hydrogens is 316 g/mol. The van der Waals surface area contributed by atoms with Crippen molar-refractivity contribution in [2.24, 2.45) is 5.92 Å². The quantitative estimate of drug-likeness (QED) is 0.825. The minimum absolute atomic E-state index is 0.0237. The molecule has 7 heteroatoms. The van der Waals surface area contributed by atoms with Crippen LogP contribution in [0.3, 0.4) is 0 Å². The molecule has 2 heterocycles. The molecule has 1 saturated carbocycles. The van der Waals surface area contributed by atoms with Gasteiger partial charge in [0.15, 0.2) is 6.61 Å². The number of rotatable bonds is 5. The monoisotopic (exact) mass is 336 g/mol. The van der Waals surface area contributed by atoms with E-state index in [9.17, 15) is 14.4 Å². The predicted molar refractivity (Wildman–Crippen MR) is 85.1 cm³/mol. The third kappa shape index (κ3) is 4.31. The largest absolute Gasteiger partial charge is 0.455 e. The Hall–Kier alpha value is -1.89. The summed E-state index contributed by atoms with van der Waals surface area (Å²) >= 11 is 1.43. The third-order valence-corrected chi connectivity index (χ3v) is 4.99. The Morgan fingerprint density at radius 2 is 1.96 bits per heavy atom. The summed E-state index contributed by atoms with van der Waals surface area (Å²) in [7, 11) is 0. The summed E-state index contributed by atoms with van der Waals surface area (Å²) in [6.45, 7) is 0.888. The van der Waals surface area contributed by atoms with Gasteiger partial charge in [0, 0.05) is 19.1 Å². The van der Waals surface area contributed by atoms with E-state index >= 15 is 0 Å². The number of hydrogen-bond acceptors (Lipinski definition) is 5. The van der Waals surface area contributed by atoms with Gasteiger partial charge in [-0.15, -0.1) is 11.3 Å². The SMILES string of the molecule is O=C(COC(=O)C1CCN(C(=O)c2cccs2)CC1)NC1CC1. The molecule has 2 fully saturated rings. The summed E-state index contributed by atoms with van der Waals surface area (Å²) in [6.07, 6.45) is 3.19. The van der Waals surface area contributed by atoms with Gasteiger partial charge in [0.1, 0.15) is 0 Å². The number of thiophene rings is 1. The van der Waals surface area contributed by atoms with Crippen molar-refractivity contribution in [1.82, 2.24) is 10.2 Å². The van der Waals surface area contributed by atoms with E-state index in [0.717, 1.165) is 17.7 Å². The molecule has 0 spiro atoms. The summed E-state index contributed by atoms with van der Waals surface area (Å²) in [5, 5.41) is 4.66. The van der Waals surface area contributed by atoms with Gasteiger partial charge in [-0.1, -0.05) is 6.07 Å². The van der Waals surface area contributed by atoms with Crippen molar-refractivity contribution < 1.29 is 19.1 Å². The van der Waals surface area contributed by atoms with Crippen LogP contribution in [0.15, 0.2) is 17.5 Å². The minimum Gasteiger partial charge on any atom is -0.455 e. The highest BCUT2D eigenvalue weighted by Crippen LogP contribution is 2.22. The summed E-state index contributed by atoms with van der Waals surface area (Å²) in [5.41, 5.74) is 0. The number of ether oxygens (including phenoxy) is 1. The summed E-state index contributed by atoms with van der Waals surface area (Å²) in [6, 6.07) is 3.94. The Kier molecular flexibility index (Phi) is 4.95. The maximum absolute atomic E-state index is 12.2. The van der Waals surface area contributed by atoms with Crippen LogP contribution in [0.1, 0.15) is 35.4 Å². The molecule has 1 aromatic rings. The predicted octanol–water partition coefficient (Wildman–Crippen LogP) is 1.42. The number of carbonyl (C=O) groups is 3. The van der Waals surface area contributed by atoms with Crippen LogP contribution in [0.2, 0.25) is 0 Å². The molecule has 6 nitrogen and oxygen atoms in total. The Morgan fingerprint density at radius 3 is 2.57 bits per heavy atom. The van der Waals surface area contributed by atoms with Gasteiger partial charge >= 0.3 is 5.97 Å². The zero-order valence-corrected chi connectivity index (χ0v) is 13.6. The van der Waals surface area contributed by atoms with Crippen LogP contribution >= 0.6 is 11.3 Å². The van der Waals surface area contributed by atoms with Crippen LogP contribution in [0.4, 0.5) is 0 Å². The van der Waals surface area contributed by atoms with Crippen LogP contribution < -0.4 is 5.32 Å². The molecule has 0 aromatic carbocycles. The molecule has 3 rings (SSSR count). The van der Waals surface area contributed by atoms with Gasteiger partial charge in [-0.3, -0.25) is 14.4 Å². The fourth-order valence-electron chi connectivity index (χ4n) is 2.63. The Morgan fingerprint density at radius 1 is 1.22 bits per heavy atom. The van der Waals surface area contributed by atoms with Crippen molar-refractivity contribution in [2.45, 2.75) is 31.7 Å². The second-order valence-corrected chi connectivity index (χ2v) is 6.94. The van der Waals surface area contributed by atoms with Gasteiger partial charge in [0.05, 0.1) is 10.8 Å². The van der Waals surface area contributed by atoms with E-state index < -0.39 is 0 Å². The highest BCUT2D eigenvalue weighted by atomic mass is 32.1. The third-order valence-electron chi connectivity index (χ3n) is 4.14. The van der Waals surface area contributed by atoms with Crippen LogP contribution in [0.25, 0.3) is 0 Å². The summed E-state index contributed by atoms with van der Waals surface area (Å²) in [4.78, 5) is 38.2. The molecule has 1 saturated heterocycles. The zero-order valence-electron chi connectivity index (χ0n) is 12.8. The minimum atomic E-state index is -0.334. The van der Waals surface area contributed by atoms with Gasteiger partial charge in [-0.2, -0.15) is 0 Å². The van der Waals surface area contributed by atoms with Gasteiger partial charge in [0.2, 0.25) is 0 Å². The highest BCUT2D eigenvalue weighted by Gasteiger charge is 2.30. The van der Waals surface area contributed by atoms with E-state index in [0.29, 0.717) is 25.9 Å². The Balaban J connectivity index is 1.40. The lowest BCUT2D eigenvalue weighted by Gasteiger charge is -2.30. The lowest BCUT2D eigenvalue weighted by atomic mass is 9.97. The fraction of sp³-hybridized carbons (Fsp3) is 0.562. The van der Waals surface area contributed by atoms with E-state index in [1.54, 1.807) is 4.90 Å². The molecule has 0 radical (unpaired) electrons. The van der Waals surface area contributed by atoms with E-state index in [1.165, 1.54) is 11.3 Å². The number of piperidine rings is 1. The molecule has 1 aliphatic heterocycles. The van der Waals surface area contributed by atoms with Gasteiger partial charge in [0.25, 0.3) is 11.8 Å². The van der Waals surface area contributed by atoms with Crippen molar-refractivity contribution in [2.75, 3.05) is 19.7 Å². The molecule has 1 aromatic heterocycles. The van der Waals surface area contributed by atoms with Crippen molar-refractivity contribution in [3.8, 4) is 0 Å². The summed E-state index contributed by atoms with van der Waals surface area (Å²) < 4.78 is 5.09. The molecule has 124 valence electrons. The number of likely N-dealkylation sites (tertiary alicyclic amines) is 1. The van der Waals surface area contributed by atoms with Crippen LogP contribution in [-0.4, -0.2) is 48.4 Å². The maximum Gasteiger partial charge on any atom is 0.309 e. The molecule has 1 aliphatic carbocycles. The first-order valence-electron chi connectivity index (χ1n) is 7.92. The second kappa shape index (κ2) is 7.12. The van der Waals surface area contributed by atoms with Gasteiger partial charge < -0.3 is 15.0 Å². The average molecular weight is 336 g/mol. The first-order chi connectivity index (χ1) is 11.1. The van der Waals surface area contributed by atoms with Gasteiger partial charge in [-0.25, -0.2) is 0 Å². The Bertz CT molecular complexity index is 575. The molecular formula is C16H20N2O4S. The number of nitrogens with one attached hydrogen (secondary N) is 1. The van der Waals surface area contributed by atoms with E-state index in [4.69, 9.17) is 4.74 Å². The smallest absolute Gasteiger partial charge is 0.309 e. The van der Waals surface area contributed by atoms with E-state index in [1.807, 2.05) is 17.5 Å². The van der Waals surface area contributed by atoms with Crippen molar-refractivity contribution in [1.29, 1.82) is 0 Å². The van der Waals surface area contributed by atoms with Crippen LogP contribution in [0, 0.1) is 5.92 Å². The molecule has 1 N–H and O–H groups in total. The van der Waals surface area contributed by atoms with E-state index in [2.05, 4.69) is 5.32 Å². The lowest BCUT2D eigenvalue weighted by molar-refractivity contribution is -0.153. The molecule has 0 unspecified atom stereocenters. The molecule has 2 amide bonds. The van der Waals surface area contributed by atoms with Crippen molar-refractivity contribution in [3.05, 3.63) is 22.4 Å². The highest BCUT2D eigenvalue weighted by molar-refractivity contribution is 7.12. The average Bonchev–Trinajstić information content (AvgIpc) is 3.21. The number of nitrogens with zero attached hydrogens (tertiary/aromatic N) is 1. The number of esters is 1. The molecule has 0 atom stereocenters. The second-order valence-electron chi connectivity index (χ2n) is 5.99. The van der Waals surface area contributed by atoms with E-state index in [-0.39, 0.29) is 36.4 Å². The number of carbonyl (C=O) groups excluding carboxylic acids is 3. The van der Waals surface area contributed by atoms with Crippen LogP contribution in [-0.2, 0) is 14.3 Å². The topological polar surface area (TPSA) is 75.7 Å². The van der Waals surface area contributed by atoms with Gasteiger partial charge in [-0.05, 0) is 37.1 Å². The Labute approximate surface area is 138 Å². The maximum atomic E-state index is 12.2. The number of hydrogen-bond donors (Lipinski definition) is 1. The first-order valence-corrected chi connectivity index (χ1v) is 8.80. The normalized spacial score (nSPS) is 18.5. The standard InChI is InChI=1S/C16H20N2O4S/c19-14(17-12-3-4-12)10-22-16(21)11-5-7-18(8-6-11)15(20)13-2-1-9-23-13/h1-2,9,11-12H,3-8,10H2,(H,17,19). The zero-order chi connectivity index (χ0) is 16.2. The van der Waals surface area contributed by atoms with Crippen LogP contribution in [0.5, 0.6) is 0 Å². The summed E-state index contributed by atoms with van der Waals surface area (Å²) in [5.74, 6) is -0.767. The molecule has 23 heavy (non-hydrogen) atoms. The van der Waals surface area contributed by atoms with Crippen molar-refractivity contribution >= 4 is 29.1 Å². The fourth-order valence-corrected chi connectivity index (χ4v) is 3.32. The first kappa shape index (κ1) is 16.0. The lowest BCUT2D eigenvalue weighted by Crippen LogP contribution is -2.41.